The molecule has 1 amide bonds. The van der Waals surface area contributed by atoms with Gasteiger partial charge in [0.05, 0.1) is 5.54 Å². The summed E-state index contributed by atoms with van der Waals surface area (Å²) in [5.41, 5.74) is 4.85. The first kappa shape index (κ1) is 15.0. The van der Waals surface area contributed by atoms with E-state index >= 15 is 0 Å². The van der Waals surface area contributed by atoms with Crippen LogP contribution in [0.2, 0.25) is 0 Å². The summed E-state index contributed by atoms with van der Waals surface area (Å²) in [5.74, 6) is 0.720. The molecule has 0 saturated carbocycles. The number of hydrogen-bond donors (Lipinski definition) is 3. The average Bonchev–Trinajstić information content (AvgIpc) is 2.81. The predicted molar refractivity (Wildman–Crippen MR) is 74.4 cm³/mol. The van der Waals surface area contributed by atoms with Crippen LogP contribution in [0, 0.1) is 0 Å². The SMILES string of the molecule is CCNC(C)(CCCCSc1ncc[nH]1)C(N)=O. The van der Waals surface area contributed by atoms with Gasteiger partial charge in [-0.1, -0.05) is 25.1 Å². The lowest BCUT2D eigenvalue weighted by atomic mass is 9.94. The maximum Gasteiger partial charge on any atom is 0.237 e. The highest BCUT2D eigenvalue weighted by Gasteiger charge is 2.28. The highest BCUT2D eigenvalue weighted by Crippen LogP contribution is 2.18. The number of primary amides is 1. The number of imidazole rings is 1. The third kappa shape index (κ3) is 4.70. The molecule has 1 rings (SSSR count). The number of nitrogens with two attached hydrogens (primary N) is 1. The number of carbonyl (C=O) groups excluding carboxylic acids is 1. The summed E-state index contributed by atoms with van der Waals surface area (Å²) < 4.78 is 0. The molecular weight excluding hydrogens is 248 g/mol. The number of carbonyl (C=O) groups is 1. The summed E-state index contributed by atoms with van der Waals surface area (Å²) in [5, 5.41) is 4.11. The fourth-order valence-corrected chi connectivity index (χ4v) is 2.60. The molecule has 1 aromatic heterocycles. The van der Waals surface area contributed by atoms with Crippen LogP contribution < -0.4 is 11.1 Å². The van der Waals surface area contributed by atoms with Crippen molar-refractivity contribution >= 4 is 17.7 Å². The molecule has 0 bridgehead atoms. The molecule has 0 spiro atoms. The van der Waals surface area contributed by atoms with Crippen LogP contribution in [-0.4, -0.2) is 33.7 Å². The van der Waals surface area contributed by atoms with Gasteiger partial charge in [-0.15, -0.1) is 0 Å². The minimum atomic E-state index is -0.579. The van der Waals surface area contributed by atoms with Gasteiger partial charge in [0, 0.05) is 18.1 Å². The van der Waals surface area contributed by atoms with Crippen LogP contribution in [0.25, 0.3) is 0 Å². The molecule has 0 fully saturated rings. The van der Waals surface area contributed by atoms with Gasteiger partial charge in [-0.2, -0.15) is 0 Å². The van der Waals surface area contributed by atoms with Crippen molar-refractivity contribution in [1.82, 2.24) is 15.3 Å². The molecule has 1 aromatic rings. The van der Waals surface area contributed by atoms with Gasteiger partial charge in [0.15, 0.2) is 5.16 Å². The maximum atomic E-state index is 11.4. The van der Waals surface area contributed by atoms with Crippen molar-refractivity contribution in [2.45, 2.75) is 43.8 Å². The van der Waals surface area contributed by atoms with Crippen LogP contribution in [0.1, 0.15) is 33.1 Å². The van der Waals surface area contributed by atoms with E-state index in [9.17, 15) is 4.79 Å². The van der Waals surface area contributed by atoms with Crippen molar-refractivity contribution in [3.8, 4) is 0 Å². The Morgan fingerprint density at radius 2 is 2.39 bits per heavy atom. The topological polar surface area (TPSA) is 83.8 Å². The summed E-state index contributed by atoms with van der Waals surface area (Å²) in [6, 6.07) is 0. The van der Waals surface area contributed by atoms with Crippen LogP contribution in [0.15, 0.2) is 17.6 Å². The number of thioether (sulfide) groups is 1. The molecule has 1 heterocycles. The molecule has 0 radical (unpaired) electrons. The number of aromatic amines is 1. The number of rotatable bonds is 9. The van der Waals surface area contributed by atoms with Crippen molar-refractivity contribution in [2.75, 3.05) is 12.3 Å². The minimum Gasteiger partial charge on any atom is -0.368 e. The second kappa shape index (κ2) is 7.43. The molecule has 4 N–H and O–H groups in total. The molecule has 0 aromatic carbocycles. The molecule has 0 aliphatic rings. The summed E-state index contributed by atoms with van der Waals surface area (Å²) in [6.07, 6.45) is 6.35. The molecule has 0 saturated heterocycles. The van der Waals surface area contributed by atoms with Crippen molar-refractivity contribution in [2.24, 2.45) is 5.73 Å². The van der Waals surface area contributed by atoms with E-state index in [1.54, 1.807) is 18.0 Å². The Morgan fingerprint density at radius 1 is 1.61 bits per heavy atom. The van der Waals surface area contributed by atoms with Gasteiger partial charge in [-0.25, -0.2) is 4.98 Å². The summed E-state index contributed by atoms with van der Waals surface area (Å²) in [7, 11) is 0. The second-order valence-corrected chi connectivity index (χ2v) is 5.51. The quantitative estimate of drug-likeness (QED) is 0.469. The normalized spacial score (nSPS) is 14.3. The molecule has 18 heavy (non-hydrogen) atoms. The third-order valence-electron chi connectivity index (χ3n) is 2.89. The fraction of sp³-hybridized carbons (Fsp3) is 0.667. The molecule has 0 aliphatic carbocycles. The number of H-pyrrole nitrogens is 1. The van der Waals surface area contributed by atoms with Gasteiger partial charge in [0.2, 0.25) is 5.91 Å². The van der Waals surface area contributed by atoms with E-state index in [1.807, 2.05) is 20.0 Å². The lowest BCUT2D eigenvalue weighted by Crippen LogP contribution is -2.52. The van der Waals surface area contributed by atoms with Crippen molar-refractivity contribution in [1.29, 1.82) is 0 Å². The first-order chi connectivity index (χ1) is 8.58. The Morgan fingerprint density at radius 3 is 2.94 bits per heavy atom. The maximum absolute atomic E-state index is 11.4. The van der Waals surface area contributed by atoms with Gasteiger partial charge in [-0.3, -0.25) is 4.79 Å². The molecule has 1 atom stereocenters. The van der Waals surface area contributed by atoms with Crippen LogP contribution in [0.5, 0.6) is 0 Å². The number of unbranched alkanes of at least 4 members (excludes halogenated alkanes) is 1. The summed E-state index contributed by atoms with van der Waals surface area (Å²) >= 11 is 1.70. The van der Waals surface area contributed by atoms with Crippen molar-refractivity contribution in [3.63, 3.8) is 0 Å². The number of aromatic nitrogens is 2. The van der Waals surface area contributed by atoms with Crippen LogP contribution in [0.4, 0.5) is 0 Å². The summed E-state index contributed by atoms with van der Waals surface area (Å²) in [6.45, 7) is 4.60. The first-order valence-electron chi connectivity index (χ1n) is 6.25. The molecule has 6 heteroatoms. The van der Waals surface area contributed by atoms with Crippen LogP contribution in [-0.2, 0) is 4.79 Å². The van der Waals surface area contributed by atoms with Crippen molar-refractivity contribution < 1.29 is 4.79 Å². The fourth-order valence-electron chi connectivity index (χ4n) is 1.77. The van der Waals surface area contributed by atoms with E-state index in [0.717, 1.165) is 36.7 Å². The largest absolute Gasteiger partial charge is 0.368 e. The highest BCUT2D eigenvalue weighted by molar-refractivity contribution is 7.99. The van der Waals surface area contributed by atoms with Crippen molar-refractivity contribution in [3.05, 3.63) is 12.4 Å². The molecule has 1 unspecified atom stereocenters. The Hall–Kier alpha value is -1.01. The minimum absolute atomic E-state index is 0.275. The Bertz CT molecular complexity index is 355. The van der Waals surface area contributed by atoms with Crippen LogP contribution >= 0.6 is 11.8 Å². The van der Waals surface area contributed by atoms with Gasteiger partial charge >= 0.3 is 0 Å². The van der Waals surface area contributed by atoms with E-state index in [2.05, 4.69) is 15.3 Å². The number of nitrogens with zero attached hydrogens (tertiary/aromatic N) is 1. The highest BCUT2D eigenvalue weighted by atomic mass is 32.2. The number of nitrogens with one attached hydrogen (secondary N) is 2. The van der Waals surface area contributed by atoms with Gasteiger partial charge in [-0.05, 0) is 26.3 Å². The Balaban J connectivity index is 2.21. The van der Waals surface area contributed by atoms with Crippen LogP contribution in [0.3, 0.4) is 0 Å². The number of hydrogen-bond acceptors (Lipinski definition) is 4. The lowest BCUT2D eigenvalue weighted by molar-refractivity contribution is -0.124. The van der Waals surface area contributed by atoms with Gasteiger partial charge < -0.3 is 16.0 Å². The van der Waals surface area contributed by atoms with E-state index in [-0.39, 0.29) is 5.91 Å². The predicted octanol–water partition coefficient (Wildman–Crippen LogP) is 1.53. The molecular formula is C12H22N4OS. The van der Waals surface area contributed by atoms with E-state index in [1.165, 1.54) is 0 Å². The summed E-state index contributed by atoms with van der Waals surface area (Å²) in [4.78, 5) is 18.6. The standard InChI is InChI=1S/C12H22N4OS/c1-3-16-12(2,10(13)17)6-4-5-9-18-11-14-7-8-15-11/h7-8,16H,3-6,9H2,1-2H3,(H2,13,17)(H,14,15). The van der Waals surface area contributed by atoms with E-state index < -0.39 is 5.54 Å². The number of amides is 1. The average molecular weight is 270 g/mol. The molecule has 102 valence electrons. The smallest absolute Gasteiger partial charge is 0.237 e. The molecule has 0 aliphatic heterocycles. The van der Waals surface area contributed by atoms with Gasteiger partial charge in [0.1, 0.15) is 0 Å². The second-order valence-electron chi connectivity index (χ2n) is 4.43. The Labute approximate surface area is 112 Å². The number of likely N-dealkylation sites (N-methyl/N-ethyl adjacent to an activating group) is 1. The zero-order valence-corrected chi connectivity index (χ0v) is 11.8. The Kier molecular flexibility index (Phi) is 6.21. The zero-order valence-electron chi connectivity index (χ0n) is 11.0. The monoisotopic (exact) mass is 270 g/mol. The van der Waals surface area contributed by atoms with E-state index in [0.29, 0.717) is 0 Å². The van der Waals surface area contributed by atoms with E-state index in [4.69, 9.17) is 5.73 Å². The third-order valence-corrected chi connectivity index (χ3v) is 3.88. The first-order valence-corrected chi connectivity index (χ1v) is 7.24. The lowest BCUT2D eigenvalue weighted by Gasteiger charge is -2.26. The molecule has 5 nitrogen and oxygen atoms in total. The van der Waals surface area contributed by atoms with Gasteiger partial charge in [0.25, 0.3) is 0 Å². The zero-order chi connectivity index (χ0) is 13.4.